The summed E-state index contributed by atoms with van der Waals surface area (Å²) < 4.78 is 0. The minimum absolute atomic E-state index is 0.321. The summed E-state index contributed by atoms with van der Waals surface area (Å²) in [4.78, 5) is 10.2. The molecule has 0 aromatic heterocycles. The fourth-order valence-corrected chi connectivity index (χ4v) is 1.61. The summed E-state index contributed by atoms with van der Waals surface area (Å²) in [6.07, 6.45) is 0.357. The average molecular weight is 193 g/mol. The van der Waals surface area contributed by atoms with E-state index in [1.165, 1.54) is 11.8 Å². The summed E-state index contributed by atoms with van der Waals surface area (Å²) in [6, 6.07) is -0.788. The van der Waals surface area contributed by atoms with Crippen molar-refractivity contribution in [2.45, 2.75) is 25.5 Å². The largest absolute Gasteiger partial charge is 0.480 e. The predicted molar refractivity (Wildman–Crippen MR) is 49.2 cm³/mol. The molecule has 0 rings (SSSR count). The molecule has 4 nitrogen and oxygen atoms in total. The van der Waals surface area contributed by atoms with Gasteiger partial charge in [0, 0.05) is 5.75 Å². The number of aliphatic carboxylic acids is 1. The minimum Gasteiger partial charge on any atom is -0.480 e. The van der Waals surface area contributed by atoms with Gasteiger partial charge in [0.05, 0.1) is 6.10 Å². The van der Waals surface area contributed by atoms with Crippen LogP contribution >= 0.6 is 11.8 Å². The van der Waals surface area contributed by atoms with Gasteiger partial charge in [0.1, 0.15) is 6.04 Å². The van der Waals surface area contributed by atoms with Crippen LogP contribution in [-0.4, -0.2) is 39.8 Å². The average Bonchev–Trinajstić information content (AvgIpc) is 1.97. The molecule has 12 heavy (non-hydrogen) atoms. The molecule has 2 atom stereocenters. The van der Waals surface area contributed by atoms with E-state index in [1.807, 2.05) is 0 Å². The molecule has 0 bridgehead atoms. The van der Waals surface area contributed by atoms with Crippen LogP contribution in [0.5, 0.6) is 0 Å². The lowest BCUT2D eigenvalue weighted by molar-refractivity contribution is -0.137. The van der Waals surface area contributed by atoms with E-state index in [1.54, 1.807) is 6.92 Å². The van der Waals surface area contributed by atoms with Crippen LogP contribution in [0.3, 0.4) is 0 Å². The Kier molecular flexibility index (Phi) is 6.14. The smallest absolute Gasteiger partial charge is 0.321 e. The van der Waals surface area contributed by atoms with Crippen molar-refractivity contribution in [2.24, 2.45) is 5.73 Å². The van der Waals surface area contributed by atoms with Crippen molar-refractivity contribution < 1.29 is 15.0 Å². The lowest BCUT2D eigenvalue weighted by Gasteiger charge is -2.06. The highest BCUT2D eigenvalue weighted by Gasteiger charge is 2.10. The van der Waals surface area contributed by atoms with Crippen molar-refractivity contribution in [1.82, 2.24) is 0 Å². The molecule has 0 fully saturated rings. The molecule has 0 spiro atoms. The normalized spacial score (nSPS) is 15.6. The summed E-state index contributed by atoms with van der Waals surface area (Å²) in [5.74, 6) is 0.181. The van der Waals surface area contributed by atoms with Gasteiger partial charge < -0.3 is 15.9 Å². The molecular weight excluding hydrogens is 178 g/mol. The summed E-state index contributed by atoms with van der Waals surface area (Å²) in [5.41, 5.74) is 5.25. The number of thioether (sulfide) groups is 1. The number of carboxylic acid groups (broad SMARTS) is 1. The van der Waals surface area contributed by atoms with Crippen molar-refractivity contribution in [1.29, 1.82) is 0 Å². The van der Waals surface area contributed by atoms with Crippen LogP contribution in [0.15, 0.2) is 0 Å². The van der Waals surface area contributed by atoms with Gasteiger partial charge in [-0.1, -0.05) is 0 Å². The summed E-state index contributed by atoms with van der Waals surface area (Å²) in [6.45, 7) is 1.71. The third-order valence-corrected chi connectivity index (χ3v) is 2.41. The zero-order chi connectivity index (χ0) is 9.56. The molecule has 0 aliphatic rings. The molecule has 72 valence electrons. The maximum atomic E-state index is 10.2. The second kappa shape index (κ2) is 6.28. The third kappa shape index (κ3) is 6.45. The van der Waals surface area contributed by atoms with Crippen molar-refractivity contribution >= 4 is 17.7 Å². The number of carboxylic acids is 1. The molecule has 0 aromatic rings. The second-order valence-corrected chi connectivity index (χ2v) is 3.81. The van der Waals surface area contributed by atoms with E-state index in [0.29, 0.717) is 12.2 Å². The number of hydrogen-bond donors (Lipinski definition) is 3. The van der Waals surface area contributed by atoms with E-state index in [-0.39, 0.29) is 6.10 Å². The Morgan fingerprint density at radius 3 is 2.67 bits per heavy atom. The highest BCUT2D eigenvalue weighted by molar-refractivity contribution is 7.99. The van der Waals surface area contributed by atoms with E-state index in [2.05, 4.69) is 0 Å². The molecule has 0 saturated carbocycles. The highest BCUT2D eigenvalue weighted by Crippen LogP contribution is 2.05. The molecule has 4 N–H and O–H groups in total. The standard InChI is InChI=1S/C7H15NO3S/c1-5(9)2-3-12-4-6(8)7(10)11/h5-6,9H,2-4,8H2,1H3,(H,10,11)/t5?,6-/m0/s1. The maximum Gasteiger partial charge on any atom is 0.321 e. The molecule has 0 radical (unpaired) electrons. The zero-order valence-electron chi connectivity index (χ0n) is 7.06. The van der Waals surface area contributed by atoms with Gasteiger partial charge in [0.2, 0.25) is 0 Å². The van der Waals surface area contributed by atoms with Crippen molar-refractivity contribution in [3.8, 4) is 0 Å². The SMILES string of the molecule is CC(O)CCSC[C@H](N)C(=O)O. The van der Waals surface area contributed by atoms with Crippen molar-refractivity contribution in [2.75, 3.05) is 11.5 Å². The highest BCUT2D eigenvalue weighted by atomic mass is 32.2. The lowest BCUT2D eigenvalue weighted by atomic mass is 10.3. The molecule has 0 aromatic carbocycles. The van der Waals surface area contributed by atoms with Crippen LogP contribution in [0, 0.1) is 0 Å². The summed E-state index contributed by atoms with van der Waals surface area (Å²) >= 11 is 1.45. The number of carbonyl (C=O) groups is 1. The molecular formula is C7H15NO3S. The molecule has 0 aliphatic heterocycles. The number of aliphatic hydroxyl groups is 1. The first-order chi connectivity index (χ1) is 5.54. The first kappa shape index (κ1) is 11.7. The fourth-order valence-electron chi connectivity index (χ4n) is 0.535. The van der Waals surface area contributed by atoms with Gasteiger partial charge >= 0.3 is 5.97 Å². The number of aliphatic hydroxyl groups excluding tert-OH is 1. The van der Waals surface area contributed by atoms with Gasteiger partial charge in [-0.3, -0.25) is 4.79 Å². The van der Waals surface area contributed by atoms with E-state index in [0.717, 1.165) is 5.75 Å². The van der Waals surface area contributed by atoms with Crippen LogP contribution in [0.4, 0.5) is 0 Å². The third-order valence-electron chi connectivity index (χ3n) is 1.29. The molecule has 0 aliphatic carbocycles. The van der Waals surface area contributed by atoms with Crippen molar-refractivity contribution in [3.05, 3.63) is 0 Å². The maximum absolute atomic E-state index is 10.2. The quantitative estimate of drug-likeness (QED) is 0.513. The van der Waals surface area contributed by atoms with Crippen LogP contribution in [-0.2, 0) is 4.79 Å². The van der Waals surface area contributed by atoms with Gasteiger partial charge in [-0.05, 0) is 19.1 Å². The van der Waals surface area contributed by atoms with E-state index in [9.17, 15) is 4.79 Å². The Labute approximate surface area is 76.1 Å². The number of nitrogens with two attached hydrogens (primary N) is 1. The zero-order valence-corrected chi connectivity index (χ0v) is 7.88. The molecule has 0 heterocycles. The van der Waals surface area contributed by atoms with E-state index >= 15 is 0 Å². The van der Waals surface area contributed by atoms with Gasteiger partial charge in [-0.25, -0.2) is 0 Å². The molecule has 0 saturated heterocycles. The number of rotatable bonds is 6. The van der Waals surface area contributed by atoms with Crippen LogP contribution in [0.1, 0.15) is 13.3 Å². The van der Waals surface area contributed by atoms with Crippen molar-refractivity contribution in [3.63, 3.8) is 0 Å². The Morgan fingerprint density at radius 2 is 2.25 bits per heavy atom. The summed E-state index contributed by atoms with van der Waals surface area (Å²) in [5, 5.41) is 17.3. The summed E-state index contributed by atoms with van der Waals surface area (Å²) in [7, 11) is 0. The predicted octanol–water partition coefficient (Wildman–Crippen LogP) is -0.0976. The molecule has 5 heteroatoms. The number of hydrogen-bond acceptors (Lipinski definition) is 4. The van der Waals surface area contributed by atoms with Crippen LogP contribution < -0.4 is 5.73 Å². The van der Waals surface area contributed by atoms with E-state index < -0.39 is 12.0 Å². The Balaban J connectivity index is 3.25. The van der Waals surface area contributed by atoms with Gasteiger partial charge in [0.15, 0.2) is 0 Å². The van der Waals surface area contributed by atoms with Gasteiger partial charge in [0.25, 0.3) is 0 Å². The first-order valence-corrected chi connectivity index (χ1v) is 4.93. The fraction of sp³-hybridized carbons (Fsp3) is 0.857. The Hall–Kier alpha value is -0.260. The Bertz CT molecular complexity index is 141. The second-order valence-electron chi connectivity index (χ2n) is 2.66. The lowest BCUT2D eigenvalue weighted by Crippen LogP contribution is -2.32. The topological polar surface area (TPSA) is 83.5 Å². The van der Waals surface area contributed by atoms with Crippen LogP contribution in [0.2, 0.25) is 0 Å². The minimum atomic E-state index is -0.973. The van der Waals surface area contributed by atoms with E-state index in [4.69, 9.17) is 15.9 Å². The van der Waals surface area contributed by atoms with Crippen LogP contribution in [0.25, 0.3) is 0 Å². The molecule has 0 amide bonds. The van der Waals surface area contributed by atoms with Gasteiger partial charge in [-0.15, -0.1) is 0 Å². The monoisotopic (exact) mass is 193 g/mol. The first-order valence-electron chi connectivity index (χ1n) is 3.78. The Morgan fingerprint density at radius 1 is 1.67 bits per heavy atom. The van der Waals surface area contributed by atoms with Gasteiger partial charge in [-0.2, -0.15) is 11.8 Å². The molecule has 1 unspecified atom stereocenters.